The molecule has 1 fully saturated rings. The van der Waals surface area contributed by atoms with Crippen molar-refractivity contribution in [3.05, 3.63) is 64.8 Å². The Morgan fingerprint density at radius 3 is 2.33 bits per heavy atom. The van der Waals surface area contributed by atoms with Crippen LogP contribution >= 0.6 is 11.6 Å². The first-order valence-electron chi connectivity index (χ1n) is 11.1. The first-order valence-corrected chi connectivity index (χ1v) is 11.5. The van der Waals surface area contributed by atoms with Crippen LogP contribution in [0.3, 0.4) is 0 Å². The van der Waals surface area contributed by atoms with Crippen LogP contribution in [0, 0.1) is 0 Å². The van der Waals surface area contributed by atoms with Crippen molar-refractivity contribution in [2.45, 2.75) is 45.1 Å². The van der Waals surface area contributed by atoms with Crippen LogP contribution in [0.4, 0.5) is 11.4 Å². The molecular weight excluding hydrogens is 442 g/mol. The number of carbonyl (C=O) groups excluding carboxylic acids is 3. The third kappa shape index (κ3) is 5.20. The molecule has 7 nitrogen and oxygen atoms in total. The average molecular weight is 468 g/mol. The maximum Gasteiger partial charge on any atom is 0.283 e. The summed E-state index contributed by atoms with van der Waals surface area (Å²) in [5.74, 6) is -0.464. The number of amides is 3. The fraction of sp³-hybridized carbons (Fsp3) is 0.320. The molecule has 1 saturated carbocycles. The van der Waals surface area contributed by atoms with Crippen LogP contribution in [0.25, 0.3) is 0 Å². The molecule has 2 aliphatic rings. The number of nitrogens with zero attached hydrogens (tertiary/aromatic N) is 1. The molecule has 2 aromatic rings. The molecule has 0 bridgehead atoms. The molecule has 0 atom stereocenters. The molecule has 8 heteroatoms. The lowest BCUT2D eigenvalue weighted by Gasteiger charge is -2.16. The van der Waals surface area contributed by atoms with Gasteiger partial charge >= 0.3 is 0 Å². The summed E-state index contributed by atoms with van der Waals surface area (Å²) in [6.45, 7) is 2.40. The molecule has 0 aromatic heterocycles. The van der Waals surface area contributed by atoms with E-state index < -0.39 is 11.8 Å². The van der Waals surface area contributed by atoms with Crippen molar-refractivity contribution >= 4 is 40.7 Å². The number of imide groups is 1. The number of hydrogen-bond acceptors (Lipinski definition) is 5. The second-order valence-electron chi connectivity index (χ2n) is 8.11. The van der Waals surface area contributed by atoms with E-state index in [9.17, 15) is 14.4 Å². The minimum Gasteiger partial charge on any atom is -0.494 e. The van der Waals surface area contributed by atoms with Crippen LogP contribution in [0.5, 0.6) is 5.75 Å². The lowest BCUT2D eigenvalue weighted by Crippen LogP contribution is -2.33. The summed E-state index contributed by atoms with van der Waals surface area (Å²) in [5, 5.41) is 5.85. The van der Waals surface area contributed by atoms with E-state index in [0.29, 0.717) is 30.2 Å². The zero-order valence-corrected chi connectivity index (χ0v) is 19.2. The standard InChI is InChI=1S/C25H26ClN3O4/c1-2-33-20-13-11-19(12-14-20)29-24(31)22(26)23(25(29)32)28-18-9-7-16(8-10-18)15-21(30)27-17-5-3-4-6-17/h7-14,17,28H,2-6,15H2,1H3,(H,27,30). The number of hydrogen-bond donors (Lipinski definition) is 2. The number of rotatable bonds is 8. The van der Waals surface area contributed by atoms with Crippen LogP contribution in [0.15, 0.2) is 59.3 Å². The molecule has 1 aliphatic heterocycles. The topological polar surface area (TPSA) is 87.7 Å². The van der Waals surface area contributed by atoms with Gasteiger partial charge < -0.3 is 15.4 Å². The molecule has 33 heavy (non-hydrogen) atoms. The number of halogens is 1. The highest BCUT2D eigenvalue weighted by Crippen LogP contribution is 2.31. The highest BCUT2D eigenvalue weighted by atomic mass is 35.5. The normalized spacial score (nSPS) is 16.5. The van der Waals surface area contributed by atoms with Crippen molar-refractivity contribution in [1.82, 2.24) is 5.32 Å². The summed E-state index contributed by atoms with van der Waals surface area (Å²) < 4.78 is 5.40. The Balaban J connectivity index is 1.40. The first kappa shape index (κ1) is 22.9. The fourth-order valence-corrected chi connectivity index (χ4v) is 4.30. The van der Waals surface area contributed by atoms with Gasteiger partial charge in [0.15, 0.2) is 0 Å². The van der Waals surface area contributed by atoms with E-state index in [0.717, 1.165) is 23.3 Å². The minimum absolute atomic E-state index is 0.0101. The predicted molar refractivity (Wildman–Crippen MR) is 127 cm³/mol. The van der Waals surface area contributed by atoms with Crippen molar-refractivity contribution in [2.24, 2.45) is 0 Å². The van der Waals surface area contributed by atoms with E-state index in [4.69, 9.17) is 16.3 Å². The maximum atomic E-state index is 12.9. The Kier molecular flexibility index (Phi) is 6.99. The van der Waals surface area contributed by atoms with Gasteiger partial charge in [0.05, 0.1) is 18.7 Å². The lowest BCUT2D eigenvalue weighted by molar-refractivity contribution is -0.122. The summed E-state index contributed by atoms with van der Waals surface area (Å²) in [7, 11) is 0. The van der Waals surface area contributed by atoms with Crippen LogP contribution in [-0.4, -0.2) is 30.4 Å². The number of carbonyl (C=O) groups is 3. The van der Waals surface area contributed by atoms with Gasteiger partial charge in [0.2, 0.25) is 5.91 Å². The second-order valence-corrected chi connectivity index (χ2v) is 8.49. The minimum atomic E-state index is -0.589. The highest BCUT2D eigenvalue weighted by Gasteiger charge is 2.39. The zero-order chi connectivity index (χ0) is 23.4. The zero-order valence-electron chi connectivity index (χ0n) is 18.4. The average Bonchev–Trinajstić information content (AvgIpc) is 3.38. The van der Waals surface area contributed by atoms with Crippen LogP contribution in [-0.2, 0) is 20.8 Å². The number of ether oxygens (including phenoxy) is 1. The largest absolute Gasteiger partial charge is 0.494 e. The van der Waals surface area contributed by atoms with E-state index in [2.05, 4.69) is 10.6 Å². The summed E-state index contributed by atoms with van der Waals surface area (Å²) in [4.78, 5) is 38.8. The Labute approximate surface area is 197 Å². The summed E-state index contributed by atoms with van der Waals surface area (Å²) in [5.41, 5.74) is 1.88. The van der Waals surface area contributed by atoms with Crippen molar-refractivity contribution in [1.29, 1.82) is 0 Å². The maximum absolute atomic E-state index is 12.9. The van der Waals surface area contributed by atoms with E-state index >= 15 is 0 Å². The molecule has 1 heterocycles. The van der Waals surface area contributed by atoms with Crippen molar-refractivity contribution in [2.75, 3.05) is 16.8 Å². The van der Waals surface area contributed by atoms with Gasteiger partial charge in [0.1, 0.15) is 16.5 Å². The predicted octanol–water partition coefficient (Wildman–Crippen LogP) is 4.12. The van der Waals surface area contributed by atoms with Crippen LogP contribution in [0.2, 0.25) is 0 Å². The Morgan fingerprint density at radius 2 is 1.70 bits per heavy atom. The van der Waals surface area contributed by atoms with Gasteiger partial charge in [-0.15, -0.1) is 0 Å². The summed E-state index contributed by atoms with van der Waals surface area (Å²) in [6, 6.07) is 14.1. The fourth-order valence-electron chi connectivity index (χ4n) is 4.09. The van der Waals surface area contributed by atoms with Gasteiger partial charge in [-0.3, -0.25) is 14.4 Å². The number of nitrogens with one attached hydrogen (secondary N) is 2. The van der Waals surface area contributed by atoms with Crippen LogP contribution < -0.4 is 20.3 Å². The SMILES string of the molecule is CCOc1ccc(N2C(=O)C(Cl)=C(Nc3ccc(CC(=O)NC4CCCC4)cc3)C2=O)cc1. The lowest BCUT2D eigenvalue weighted by atomic mass is 10.1. The van der Waals surface area contributed by atoms with E-state index in [-0.39, 0.29) is 22.7 Å². The van der Waals surface area contributed by atoms with Gasteiger partial charge in [-0.25, -0.2) is 4.90 Å². The van der Waals surface area contributed by atoms with Crippen molar-refractivity contribution < 1.29 is 19.1 Å². The first-order chi connectivity index (χ1) is 16.0. The van der Waals surface area contributed by atoms with Crippen LogP contribution in [0.1, 0.15) is 38.2 Å². The van der Waals surface area contributed by atoms with Crippen molar-refractivity contribution in [3.8, 4) is 5.75 Å². The summed E-state index contributed by atoms with van der Waals surface area (Å²) in [6.07, 6.45) is 4.72. The van der Waals surface area contributed by atoms with Gasteiger partial charge in [-0.05, 0) is 61.7 Å². The third-order valence-electron chi connectivity index (χ3n) is 5.74. The quantitative estimate of drug-likeness (QED) is 0.570. The molecule has 0 unspecified atom stereocenters. The summed E-state index contributed by atoms with van der Waals surface area (Å²) >= 11 is 6.21. The molecule has 0 saturated heterocycles. The van der Waals surface area contributed by atoms with Gasteiger partial charge in [-0.1, -0.05) is 36.6 Å². The second kappa shape index (κ2) is 10.1. The Bertz CT molecular complexity index is 1070. The number of anilines is 2. The van der Waals surface area contributed by atoms with E-state index in [1.165, 1.54) is 12.8 Å². The Hall–Kier alpha value is -3.32. The van der Waals surface area contributed by atoms with E-state index in [1.807, 2.05) is 19.1 Å². The monoisotopic (exact) mass is 467 g/mol. The van der Waals surface area contributed by atoms with Gasteiger partial charge in [0.25, 0.3) is 11.8 Å². The number of benzene rings is 2. The van der Waals surface area contributed by atoms with Gasteiger partial charge in [0, 0.05) is 11.7 Å². The molecule has 0 spiro atoms. The molecule has 2 N–H and O–H groups in total. The molecule has 0 radical (unpaired) electrons. The Morgan fingerprint density at radius 1 is 1.03 bits per heavy atom. The molecule has 4 rings (SSSR count). The van der Waals surface area contributed by atoms with Gasteiger partial charge in [-0.2, -0.15) is 0 Å². The molecule has 1 aliphatic carbocycles. The molecule has 3 amide bonds. The molecule has 2 aromatic carbocycles. The smallest absolute Gasteiger partial charge is 0.283 e. The third-order valence-corrected chi connectivity index (χ3v) is 6.09. The molecule has 172 valence electrons. The van der Waals surface area contributed by atoms with E-state index in [1.54, 1.807) is 36.4 Å². The van der Waals surface area contributed by atoms with Crippen molar-refractivity contribution in [3.63, 3.8) is 0 Å². The highest BCUT2D eigenvalue weighted by molar-refractivity contribution is 6.53. The molecular formula is C25H26ClN3O4.